The predicted octanol–water partition coefficient (Wildman–Crippen LogP) is 5.16. The van der Waals surface area contributed by atoms with E-state index in [1.54, 1.807) is 18.2 Å². The third kappa shape index (κ3) is 4.14. The first-order chi connectivity index (χ1) is 10.9. The van der Waals surface area contributed by atoms with Crippen molar-refractivity contribution in [2.24, 2.45) is 0 Å². The van der Waals surface area contributed by atoms with Gasteiger partial charge in [0.2, 0.25) is 0 Å². The second-order valence-electron chi connectivity index (χ2n) is 6.20. The van der Waals surface area contributed by atoms with Gasteiger partial charge in [0.05, 0.1) is 6.10 Å². The molecule has 1 aliphatic heterocycles. The Labute approximate surface area is 135 Å². The van der Waals surface area contributed by atoms with Crippen LogP contribution in [0, 0.1) is 0 Å². The zero-order valence-corrected chi connectivity index (χ0v) is 13.4. The number of ether oxygens (including phenoxy) is 1. The Balaban J connectivity index is 2.22. The molecule has 1 heterocycles. The average Bonchev–Trinajstić information content (AvgIpc) is 2.51. The summed E-state index contributed by atoms with van der Waals surface area (Å²) in [6.45, 7) is 2.07. The molecule has 1 aromatic carbocycles. The van der Waals surface area contributed by atoms with Crippen molar-refractivity contribution in [1.82, 2.24) is 0 Å². The minimum Gasteiger partial charge on any atom is -0.357 e. The normalized spacial score (nSPS) is 25.6. The number of rotatable bonds is 6. The lowest BCUT2D eigenvalue weighted by Gasteiger charge is -2.42. The molecule has 0 aromatic heterocycles. The Bertz CT molecular complexity index is 513. The monoisotopic (exact) mass is 328 g/mol. The van der Waals surface area contributed by atoms with Crippen molar-refractivity contribution in [3.05, 3.63) is 35.9 Å². The van der Waals surface area contributed by atoms with E-state index in [0.29, 0.717) is 6.42 Å². The topological polar surface area (TPSA) is 26.3 Å². The summed E-state index contributed by atoms with van der Waals surface area (Å²) in [6.07, 6.45) is -1.49. The first-order valence-electron chi connectivity index (χ1n) is 8.21. The molecule has 128 valence electrons. The summed E-state index contributed by atoms with van der Waals surface area (Å²) in [5.41, 5.74) is -2.49. The highest BCUT2D eigenvalue weighted by Crippen LogP contribution is 2.48. The lowest BCUT2D eigenvalue weighted by atomic mass is 9.83. The van der Waals surface area contributed by atoms with Crippen molar-refractivity contribution < 1.29 is 22.7 Å². The fourth-order valence-corrected chi connectivity index (χ4v) is 3.14. The maximum Gasteiger partial charge on any atom is 0.422 e. The molecule has 0 N–H and O–H groups in total. The van der Waals surface area contributed by atoms with Crippen LogP contribution in [-0.4, -0.2) is 18.1 Å². The van der Waals surface area contributed by atoms with E-state index in [1.165, 1.54) is 12.1 Å². The number of halogens is 3. The molecule has 1 aromatic rings. The van der Waals surface area contributed by atoms with Crippen LogP contribution in [0.5, 0.6) is 0 Å². The molecule has 2 nitrogen and oxygen atoms in total. The van der Waals surface area contributed by atoms with Crippen LogP contribution in [0.3, 0.4) is 0 Å². The van der Waals surface area contributed by atoms with Gasteiger partial charge in [-0.1, -0.05) is 62.9 Å². The Morgan fingerprint density at radius 3 is 2.48 bits per heavy atom. The largest absolute Gasteiger partial charge is 0.422 e. The maximum atomic E-state index is 13.8. The molecule has 0 radical (unpaired) electrons. The van der Waals surface area contributed by atoms with Crippen molar-refractivity contribution in [2.45, 2.75) is 69.8 Å². The first kappa shape index (κ1) is 18.0. The molecule has 0 spiro atoms. The quantitative estimate of drug-likeness (QED) is 0.674. The third-order valence-electron chi connectivity index (χ3n) is 4.35. The van der Waals surface area contributed by atoms with Crippen molar-refractivity contribution in [1.29, 1.82) is 0 Å². The van der Waals surface area contributed by atoms with Crippen LogP contribution in [0.1, 0.15) is 57.4 Å². The van der Waals surface area contributed by atoms with Crippen LogP contribution < -0.4 is 0 Å². The zero-order valence-electron chi connectivity index (χ0n) is 13.4. The number of alkyl halides is 3. The predicted molar refractivity (Wildman–Crippen MR) is 82.0 cm³/mol. The number of hydrogen-bond acceptors (Lipinski definition) is 2. The van der Waals surface area contributed by atoms with Gasteiger partial charge >= 0.3 is 6.18 Å². The van der Waals surface area contributed by atoms with Crippen molar-refractivity contribution in [3.8, 4) is 0 Å². The van der Waals surface area contributed by atoms with Gasteiger partial charge < -0.3 is 4.74 Å². The molecular weight excluding hydrogens is 305 g/mol. The number of Topliss-reactive ketones (excluding diaryl/α,β-unsaturated/α-hetero) is 1. The Morgan fingerprint density at radius 1 is 1.17 bits per heavy atom. The average molecular weight is 328 g/mol. The summed E-state index contributed by atoms with van der Waals surface area (Å²) in [7, 11) is 0. The summed E-state index contributed by atoms with van der Waals surface area (Å²) in [6, 6.07) is 7.52. The van der Waals surface area contributed by atoms with E-state index in [2.05, 4.69) is 6.92 Å². The number of carbonyl (C=O) groups excluding carboxylic acids is 1. The van der Waals surface area contributed by atoms with Crippen LogP contribution in [-0.2, 0) is 15.1 Å². The molecule has 0 amide bonds. The van der Waals surface area contributed by atoms with Gasteiger partial charge in [-0.05, 0) is 12.0 Å². The van der Waals surface area contributed by atoms with Gasteiger partial charge in [-0.2, -0.15) is 13.2 Å². The smallest absolute Gasteiger partial charge is 0.357 e. The third-order valence-corrected chi connectivity index (χ3v) is 4.35. The van der Waals surface area contributed by atoms with E-state index in [9.17, 15) is 18.0 Å². The molecular formula is C18H23F3O2. The van der Waals surface area contributed by atoms with Gasteiger partial charge in [0.25, 0.3) is 0 Å². The molecule has 0 aliphatic carbocycles. The van der Waals surface area contributed by atoms with E-state index in [4.69, 9.17) is 4.74 Å². The molecule has 1 saturated heterocycles. The molecule has 0 bridgehead atoms. The Morgan fingerprint density at radius 2 is 1.87 bits per heavy atom. The van der Waals surface area contributed by atoms with Crippen molar-refractivity contribution >= 4 is 5.78 Å². The lowest BCUT2D eigenvalue weighted by molar-refractivity contribution is -0.306. The van der Waals surface area contributed by atoms with Gasteiger partial charge in [0, 0.05) is 12.8 Å². The summed E-state index contributed by atoms with van der Waals surface area (Å²) in [4.78, 5) is 12.0. The van der Waals surface area contributed by atoms with Gasteiger partial charge in [0.1, 0.15) is 5.78 Å². The SMILES string of the molecule is CCCCCC[C@@H]1CC(=O)C[C@@](c2ccccc2)(C(F)(F)F)O1. The Hall–Kier alpha value is -1.36. The van der Waals surface area contributed by atoms with E-state index < -0.39 is 24.3 Å². The summed E-state index contributed by atoms with van der Waals surface area (Å²) in [5, 5.41) is 0. The minimum absolute atomic E-state index is 0.0131. The van der Waals surface area contributed by atoms with Crippen LogP contribution >= 0.6 is 0 Å². The van der Waals surface area contributed by atoms with E-state index in [0.717, 1.165) is 25.7 Å². The molecule has 1 aliphatic rings. The van der Waals surface area contributed by atoms with Gasteiger partial charge in [-0.15, -0.1) is 0 Å². The molecule has 0 saturated carbocycles. The molecule has 1 fully saturated rings. The van der Waals surface area contributed by atoms with Gasteiger partial charge in [-0.3, -0.25) is 4.79 Å². The number of hydrogen-bond donors (Lipinski definition) is 0. The number of benzene rings is 1. The highest BCUT2D eigenvalue weighted by Gasteiger charge is 2.60. The number of unbranched alkanes of at least 4 members (excludes halogenated alkanes) is 3. The van der Waals surface area contributed by atoms with Gasteiger partial charge in [0.15, 0.2) is 5.60 Å². The molecule has 5 heteroatoms. The lowest BCUT2D eigenvalue weighted by Crippen LogP contribution is -2.52. The molecule has 23 heavy (non-hydrogen) atoms. The van der Waals surface area contributed by atoms with Crippen molar-refractivity contribution in [3.63, 3.8) is 0 Å². The molecule has 2 rings (SSSR count). The summed E-state index contributed by atoms with van der Waals surface area (Å²) < 4.78 is 46.9. The van der Waals surface area contributed by atoms with Gasteiger partial charge in [-0.25, -0.2) is 0 Å². The highest BCUT2D eigenvalue weighted by molar-refractivity contribution is 5.81. The molecule has 0 unspecified atom stereocenters. The van der Waals surface area contributed by atoms with Crippen LogP contribution in [0.25, 0.3) is 0 Å². The second kappa shape index (κ2) is 7.47. The van der Waals surface area contributed by atoms with Crippen LogP contribution in [0.15, 0.2) is 30.3 Å². The number of carbonyl (C=O) groups is 1. The van der Waals surface area contributed by atoms with E-state index >= 15 is 0 Å². The van der Waals surface area contributed by atoms with E-state index in [1.807, 2.05) is 0 Å². The van der Waals surface area contributed by atoms with E-state index in [-0.39, 0.29) is 17.8 Å². The molecule has 2 atom stereocenters. The fraction of sp³-hybridized carbons (Fsp3) is 0.611. The highest BCUT2D eigenvalue weighted by atomic mass is 19.4. The Kier molecular flexibility index (Phi) is 5.84. The minimum atomic E-state index is -4.62. The second-order valence-corrected chi connectivity index (χ2v) is 6.20. The maximum absolute atomic E-state index is 13.8. The van der Waals surface area contributed by atoms with Crippen LogP contribution in [0.2, 0.25) is 0 Å². The van der Waals surface area contributed by atoms with Crippen molar-refractivity contribution in [2.75, 3.05) is 0 Å². The zero-order chi connectivity index (χ0) is 16.9. The fourth-order valence-electron chi connectivity index (χ4n) is 3.14. The summed E-state index contributed by atoms with van der Waals surface area (Å²) >= 11 is 0. The summed E-state index contributed by atoms with van der Waals surface area (Å²) in [5.74, 6) is -0.377. The first-order valence-corrected chi connectivity index (χ1v) is 8.21. The standard InChI is InChI=1S/C18H23F3O2/c1-2-3-4-8-11-16-12-15(22)13-17(23-16,18(19,20)21)14-9-6-5-7-10-14/h5-7,9-10,16H,2-4,8,11-13H2,1H3/t16-,17-/m1/s1. The van der Waals surface area contributed by atoms with Crippen LogP contribution in [0.4, 0.5) is 13.2 Å². The number of ketones is 1.